The van der Waals surface area contributed by atoms with Crippen LogP contribution in [0.1, 0.15) is 58.2 Å². The van der Waals surface area contributed by atoms with E-state index in [0.29, 0.717) is 22.6 Å². The standard InChI is InChI=1S/C27H28N2O6/c1-33-22-15-11-18(12-16-22)24(25(30)28-20-6-3-4-7-20)29(26(31)23-8-5-17-35-23)21-13-9-19(10-14-21)27(32)34-2/h5,8-17,20,24H,3-4,6-7H2,1-2H3,(H,28,30). The zero-order valence-electron chi connectivity index (χ0n) is 19.7. The van der Waals surface area contributed by atoms with Crippen LogP contribution in [0.25, 0.3) is 0 Å². The normalized spacial score (nSPS) is 14.2. The Kier molecular flexibility index (Phi) is 7.50. The predicted molar refractivity (Wildman–Crippen MR) is 129 cm³/mol. The summed E-state index contributed by atoms with van der Waals surface area (Å²) >= 11 is 0. The van der Waals surface area contributed by atoms with Gasteiger partial charge in [0.25, 0.3) is 5.91 Å². The van der Waals surface area contributed by atoms with Crippen LogP contribution < -0.4 is 15.0 Å². The number of rotatable bonds is 8. The predicted octanol–water partition coefficient (Wildman–Crippen LogP) is 4.52. The molecule has 3 aromatic rings. The van der Waals surface area contributed by atoms with Crippen molar-refractivity contribution in [3.8, 4) is 5.75 Å². The topological polar surface area (TPSA) is 98.1 Å². The molecule has 1 unspecified atom stereocenters. The van der Waals surface area contributed by atoms with E-state index >= 15 is 0 Å². The summed E-state index contributed by atoms with van der Waals surface area (Å²) in [5, 5.41) is 3.13. The van der Waals surface area contributed by atoms with Gasteiger partial charge in [-0.3, -0.25) is 14.5 Å². The number of ether oxygens (including phenoxy) is 2. The molecule has 2 aromatic carbocycles. The number of anilines is 1. The van der Waals surface area contributed by atoms with Gasteiger partial charge in [-0.15, -0.1) is 0 Å². The first kappa shape index (κ1) is 24.1. The van der Waals surface area contributed by atoms with Crippen molar-refractivity contribution in [3.05, 3.63) is 83.8 Å². The summed E-state index contributed by atoms with van der Waals surface area (Å²) in [4.78, 5) is 40.8. The van der Waals surface area contributed by atoms with Gasteiger partial charge in [0.1, 0.15) is 11.8 Å². The molecule has 1 atom stereocenters. The number of nitrogens with zero attached hydrogens (tertiary/aromatic N) is 1. The molecule has 0 aliphatic heterocycles. The maximum atomic E-state index is 13.7. The van der Waals surface area contributed by atoms with Crippen LogP contribution in [0.3, 0.4) is 0 Å². The van der Waals surface area contributed by atoms with Gasteiger partial charge in [0.15, 0.2) is 5.76 Å². The summed E-state index contributed by atoms with van der Waals surface area (Å²) in [6, 6.07) is 15.6. The van der Waals surface area contributed by atoms with E-state index in [1.807, 2.05) is 0 Å². The molecule has 1 aliphatic rings. The molecule has 0 bridgehead atoms. The Bertz CT molecular complexity index is 1150. The van der Waals surface area contributed by atoms with Gasteiger partial charge in [-0.25, -0.2) is 4.79 Å². The highest BCUT2D eigenvalue weighted by molar-refractivity contribution is 6.09. The molecule has 8 heteroatoms. The zero-order chi connectivity index (χ0) is 24.8. The lowest BCUT2D eigenvalue weighted by molar-refractivity contribution is -0.123. The van der Waals surface area contributed by atoms with E-state index < -0.39 is 17.9 Å². The van der Waals surface area contributed by atoms with Gasteiger partial charge in [-0.2, -0.15) is 0 Å². The first-order valence-corrected chi connectivity index (χ1v) is 11.5. The number of hydrogen-bond acceptors (Lipinski definition) is 6. The molecule has 4 rings (SSSR count). The van der Waals surface area contributed by atoms with E-state index in [4.69, 9.17) is 13.9 Å². The fourth-order valence-electron chi connectivity index (χ4n) is 4.33. The number of carbonyl (C=O) groups excluding carboxylic acids is 3. The van der Waals surface area contributed by atoms with Crippen molar-refractivity contribution in [1.82, 2.24) is 5.32 Å². The smallest absolute Gasteiger partial charge is 0.337 e. The number of methoxy groups -OCH3 is 2. The molecule has 1 heterocycles. The van der Waals surface area contributed by atoms with Crippen molar-refractivity contribution < 1.29 is 28.3 Å². The van der Waals surface area contributed by atoms with Crippen LogP contribution in [0, 0.1) is 0 Å². The summed E-state index contributed by atoms with van der Waals surface area (Å²) in [5.41, 5.74) is 1.37. The van der Waals surface area contributed by atoms with Crippen LogP contribution in [-0.4, -0.2) is 38.0 Å². The molecule has 1 fully saturated rings. The highest BCUT2D eigenvalue weighted by atomic mass is 16.5. The monoisotopic (exact) mass is 476 g/mol. The van der Waals surface area contributed by atoms with Gasteiger partial charge in [-0.1, -0.05) is 25.0 Å². The van der Waals surface area contributed by atoms with E-state index in [9.17, 15) is 14.4 Å². The third kappa shape index (κ3) is 5.37. The molecule has 35 heavy (non-hydrogen) atoms. The molecule has 182 valence electrons. The summed E-state index contributed by atoms with van der Waals surface area (Å²) in [5.74, 6) is -0.544. The number of nitrogens with one attached hydrogen (secondary N) is 1. The third-order valence-corrected chi connectivity index (χ3v) is 6.16. The highest BCUT2D eigenvalue weighted by Crippen LogP contribution is 2.32. The number of esters is 1. The zero-order valence-corrected chi connectivity index (χ0v) is 19.7. The van der Waals surface area contributed by atoms with Crippen molar-refractivity contribution >= 4 is 23.5 Å². The summed E-state index contributed by atoms with van der Waals surface area (Å²) in [7, 11) is 2.87. The number of carbonyl (C=O) groups is 3. The molecule has 1 aromatic heterocycles. The average molecular weight is 477 g/mol. The summed E-state index contributed by atoms with van der Waals surface area (Å²) < 4.78 is 15.5. The van der Waals surface area contributed by atoms with Crippen molar-refractivity contribution in [3.63, 3.8) is 0 Å². The maximum Gasteiger partial charge on any atom is 0.337 e. The number of hydrogen-bond donors (Lipinski definition) is 1. The Morgan fingerprint density at radius 2 is 1.66 bits per heavy atom. The first-order chi connectivity index (χ1) is 17.0. The number of amides is 2. The highest BCUT2D eigenvalue weighted by Gasteiger charge is 2.36. The summed E-state index contributed by atoms with van der Waals surface area (Å²) in [6.45, 7) is 0. The Hall–Kier alpha value is -4.07. The molecular formula is C27H28N2O6. The molecular weight excluding hydrogens is 448 g/mol. The molecule has 0 spiro atoms. The molecule has 2 amide bonds. The van der Waals surface area contributed by atoms with Gasteiger partial charge >= 0.3 is 5.97 Å². The van der Waals surface area contributed by atoms with Crippen molar-refractivity contribution in [2.24, 2.45) is 0 Å². The van der Waals surface area contributed by atoms with Crippen LogP contribution in [0.2, 0.25) is 0 Å². The third-order valence-electron chi connectivity index (χ3n) is 6.16. The lowest BCUT2D eigenvalue weighted by Crippen LogP contribution is -2.46. The van der Waals surface area contributed by atoms with E-state index in [1.54, 1.807) is 67.8 Å². The molecule has 0 saturated heterocycles. The molecule has 1 saturated carbocycles. The van der Waals surface area contributed by atoms with E-state index in [2.05, 4.69) is 5.32 Å². The van der Waals surface area contributed by atoms with Crippen molar-refractivity contribution in [2.75, 3.05) is 19.1 Å². The lowest BCUT2D eigenvalue weighted by Gasteiger charge is -2.32. The Morgan fingerprint density at radius 3 is 2.23 bits per heavy atom. The second-order valence-corrected chi connectivity index (χ2v) is 8.36. The lowest BCUT2D eigenvalue weighted by atomic mass is 10.0. The summed E-state index contributed by atoms with van der Waals surface area (Å²) in [6.07, 6.45) is 5.33. The van der Waals surface area contributed by atoms with Crippen LogP contribution in [0.4, 0.5) is 5.69 Å². The average Bonchev–Trinajstić information content (AvgIpc) is 3.61. The first-order valence-electron chi connectivity index (χ1n) is 11.5. The minimum absolute atomic E-state index is 0.0607. The Morgan fingerprint density at radius 1 is 0.971 bits per heavy atom. The van der Waals surface area contributed by atoms with E-state index in [0.717, 1.165) is 25.7 Å². The van der Waals surface area contributed by atoms with Gasteiger partial charge in [0.05, 0.1) is 26.0 Å². The van der Waals surface area contributed by atoms with Gasteiger partial charge in [0.2, 0.25) is 5.91 Å². The number of furan rings is 1. The van der Waals surface area contributed by atoms with Gasteiger partial charge in [-0.05, 0) is 66.9 Å². The fourth-order valence-corrected chi connectivity index (χ4v) is 4.33. The van der Waals surface area contributed by atoms with Crippen molar-refractivity contribution in [2.45, 2.75) is 37.8 Å². The van der Waals surface area contributed by atoms with Gasteiger partial charge in [0, 0.05) is 11.7 Å². The van der Waals surface area contributed by atoms with Crippen LogP contribution in [-0.2, 0) is 9.53 Å². The van der Waals surface area contributed by atoms with Crippen LogP contribution in [0.5, 0.6) is 5.75 Å². The quantitative estimate of drug-likeness (QED) is 0.480. The maximum absolute atomic E-state index is 13.7. The molecule has 8 nitrogen and oxygen atoms in total. The molecule has 1 N–H and O–H groups in total. The molecule has 0 radical (unpaired) electrons. The SMILES string of the molecule is COC(=O)c1ccc(N(C(=O)c2ccco2)C(C(=O)NC2CCCC2)c2ccc(OC)cc2)cc1. The minimum Gasteiger partial charge on any atom is -0.497 e. The van der Waals surface area contributed by atoms with E-state index in [-0.39, 0.29) is 17.7 Å². The largest absolute Gasteiger partial charge is 0.497 e. The van der Waals surface area contributed by atoms with Crippen LogP contribution >= 0.6 is 0 Å². The van der Waals surface area contributed by atoms with Crippen molar-refractivity contribution in [1.29, 1.82) is 0 Å². The number of benzene rings is 2. The van der Waals surface area contributed by atoms with E-state index in [1.165, 1.54) is 18.3 Å². The second kappa shape index (κ2) is 10.9. The van der Waals surface area contributed by atoms with Crippen LogP contribution in [0.15, 0.2) is 71.3 Å². The minimum atomic E-state index is -0.983. The fraction of sp³-hybridized carbons (Fsp3) is 0.296. The second-order valence-electron chi connectivity index (χ2n) is 8.36. The Labute approximate surface area is 203 Å². The van der Waals surface area contributed by atoms with Gasteiger partial charge < -0.3 is 19.2 Å². The Balaban J connectivity index is 1.79. The molecule has 1 aliphatic carbocycles.